The Kier molecular flexibility index (Phi) is 5.35. The lowest BCUT2D eigenvalue weighted by Gasteiger charge is -2.13. The van der Waals surface area contributed by atoms with Gasteiger partial charge in [0.2, 0.25) is 0 Å². The molecule has 0 atom stereocenters. The van der Waals surface area contributed by atoms with Gasteiger partial charge in [-0.25, -0.2) is 10.4 Å². The largest absolute Gasteiger partial charge is 0.378 e. The Balaban J connectivity index is 1.57. The summed E-state index contributed by atoms with van der Waals surface area (Å²) in [5.74, 6) is 0.169. The summed E-state index contributed by atoms with van der Waals surface area (Å²) in [4.78, 5) is 23.3. The first kappa shape index (κ1) is 20.2. The molecule has 1 amide bonds. The van der Waals surface area contributed by atoms with E-state index in [4.69, 9.17) is 4.98 Å². The number of benzene rings is 2. The normalized spacial score (nSPS) is 14.6. The molecule has 0 saturated heterocycles. The third-order valence-electron chi connectivity index (χ3n) is 6.24. The number of aromatic nitrogens is 2. The van der Waals surface area contributed by atoms with Gasteiger partial charge in [0.25, 0.3) is 5.91 Å². The van der Waals surface area contributed by atoms with Crippen molar-refractivity contribution in [1.82, 2.24) is 15.4 Å². The van der Waals surface area contributed by atoms with E-state index in [1.807, 2.05) is 56.7 Å². The molecule has 6 nitrogen and oxygen atoms in total. The number of fused-ring (bicyclic) bond motifs is 3. The van der Waals surface area contributed by atoms with Crippen LogP contribution < -0.4 is 10.3 Å². The summed E-state index contributed by atoms with van der Waals surface area (Å²) < 4.78 is 0. The zero-order valence-corrected chi connectivity index (χ0v) is 18.4. The maximum atomic E-state index is 12.9. The average molecular weight is 426 g/mol. The highest BCUT2D eigenvalue weighted by Crippen LogP contribution is 2.33. The van der Waals surface area contributed by atoms with E-state index in [1.54, 1.807) is 0 Å². The summed E-state index contributed by atoms with van der Waals surface area (Å²) in [6.45, 7) is 0. The molecule has 1 fully saturated rings. The smallest absolute Gasteiger partial charge is 0.289 e. The van der Waals surface area contributed by atoms with Gasteiger partial charge in [-0.3, -0.25) is 4.79 Å². The average Bonchev–Trinajstić information content (AvgIpc) is 3.46. The molecule has 2 aromatic heterocycles. The minimum Gasteiger partial charge on any atom is -0.378 e. The minimum absolute atomic E-state index is 0.294. The fourth-order valence-corrected chi connectivity index (χ4v) is 4.45. The molecule has 0 spiro atoms. The number of carbonyl (C=O) groups is 1. The van der Waals surface area contributed by atoms with Crippen LogP contribution in [0.25, 0.3) is 33.1 Å². The number of hydrogen-bond donors (Lipinski definition) is 2. The Labute approximate surface area is 187 Å². The summed E-state index contributed by atoms with van der Waals surface area (Å²) in [7, 11) is 4.03. The van der Waals surface area contributed by atoms with Crippen molar-refractivity contribution >= 4 is 39.6 Å². The van der Waals surface area contributed by atoms with Crippen LogP contribution in [-0.4, -0.2) is 36.2 Å². The molecule has 1 saturated carbocycles. The van der Waals surface area contributed by atoms with Crippen molar-refractivity contribution in [3.05, 3.63) is 60.3 Å². The molecule has 1 aliphatic rings. The number of hydrazone groups is 1. The number of nitrogens with zero attached hydrogens (tertiary/aromatic N) is 3. The Bertz CT molecular complexity index is 1300. The van der Waals surface area contributed by atoms with Crippen molar-refractivity contribution in [1.29, 1.82) is 0 Å². The topological polar surface area (TPSA) is 73.4 Å². The van der Waals surface area contributed by atoms with Gasteiger partial charge >= 0.3 is 0 Å². The fourth-order valence-electron chi connectivity index (χ4n) is 4.45. The SMILES string of the molecule is CN(C)c1ccc(-c2nc(C(=O)N/N=C/C3CCCC3)cc3c2[nH]c2ccccc23)cc1. The molecule has 5 rings (SSSR count). The van der Waals surface area contributed by atoms with Crippen molar-refractivity contribution in [3.63, 3.8) is 0 Å². The number of hydrogen-bond acceptors (Lipinski definition) is 4. The maximum absolute atomic E-state index is 12.9. The molecule has 162 valence electrons. The number of rotatable bonds is 5. The van der Waals surface area contributed by atoms with Gasteiger partial charge in [-0.2, -0.15) is 5.10 Å². The summed E-state index contributed by atoms with van der Waals surface area (Å²) in [6.07, 6.45) is 6.63. The van der Waals surface area contributed by atoms with Crippen LogP contribution in [0.1, 0.15) is 36.2 Å². The predicted molar refractivity (Wildman–Crippen MR) is 131 cm³/mol. The van der Waals surface area contributed by atoms with E-state index >= 15 is 0 Å². The monoisotopic (exact) mass is 425 g/mol. The molecule has 4 aromatic rings. The van der Waals surface area contributed by atoms with Gasteiger partial charge in [0.05, 0.1) is 11.2 Å². The van der Waals surface area contributed by atoms with E-state index in [0.717, 1.165) is 51.6 Å². The first-order chi connectivity index (χ1) is 15.6. The Morgan fingerprint density at radius 3 is 2.59 bits per heavy atom. The van der Waals surface area contributed by atoms with Crippen LogP contribution in [0.5, 0.6) is 0 Å². The lowest BCUT2D eigenvalue weighted by atomic mass is 10.1. The van der Waals surface area contributed by atoms with E-state index in [2.05, 4.69) is 38.6 Å². The van der Waals surface area contributed by atoms with Crippen LogP contribution in [0.3, 0.4) is 0 Å². The minimum atomic E-state index is -0.294. The van der Waals surface area contributed by atoms with Crippen LogP contribution in [-0.2, 0) is 0 Å². The zero-order chi connectivity index (χ0) is 22.1. The second-order valence-electron chi connectivity index (χ2n) is 8.65. The van der Waals surface area contributed by atoms with Crippen LogP contribution in [0.4, 0.5) is 5.69 Å². The van der Waals surface area contributed by atoms with Crippen LogP contribution in [0.15, 0.2) is 59.7 Å². The van der Waals surface area contributed by atoms with Crippen LogP contribution in [0.2, 0.25) is 0 Å². The number of para-hydroxylation sites is 1. The summed E-state index contributed by atoms with van der Waals surface area (Å²) in [5.41, 5.74) is 7.81. The number of H-pyrrole nitrogens is 1. The maximum Gasteiger partial charge on any atom is 0.289 e. The number of pyridine rings is 1. The first-order valence-corrected chi connectivity index (χ1v) is 11.1. The second-order valence-corrected chi connectivity index (χ2v) is 8.65. The van der Waals surface area contributed by atoms with Crippen molar-refractivity contribution < 1.29 is 4.79 Å². The van der Waals surface area contributed by atoms with E-state index < -0.39 is 0 Å². The molecule has 2 aromatic carbocycles. The Morgan fingerprint density at radius 1 is 1.09 bits per heavy atom. The number of amides is 1. The third-order valence-corrected chi connectivity index (χ3v) is 6.24. The van der Waals surface area contributed by atoms with E-state index in [9.17, 15) is 4.79 Å². The number of nitrogens with one attached hydrogen (secondary N) is 2. The molecule has 1 aliphatic carbocycles. The molecule has 0 bridgehead atoms. The number of aromatic amines is 1. The summed E-state index contributed by atoms with van der Waals surface area (Å²) in [6, 6.07) is 18.2. The van der Waals surface area contributed by atoms with E-state index in [0.29, 0.717) is 11.6 Å². The molecule has 2 heterocycles. The zero-order valence-electron chi connectivity index (χ0n) is 18.4. The Morgan fingerprint density at radius 2 is 1.84 bits per heavy atom. The summed E-state index contributed by atoms with van der Waals surface area (Å²) in [5, 5.41) is 6.26. The van der Waals surface area contributed by atoms with Gasteiger partial charge in [0.1, 0.15) is 5.69 Å². The summed E-state index contributed by atoms with van der Waals surface area (Å²) >= 11 is 0. The standard InChI is InChI=1S/C26H27N5O/c1-31(2)19-13-11-18(12-14-19)24-25-21(20-9-5-6-10-22(20)28-25)15-23(29-24)26(32)30-27-16-17-7-3-4-8-17/h5-6,9-17,28H,3-4,7-8H2,1-2H3,(H,30,32)/b27-16+. The van der Waals surface area contributed by atoms with E-state index in [-0.39, 0.29) is 5.91 Å². The van der Waals surface area contributed by atoms with Crippen LogP contribution >= 0.6 is 0 Å². The van der Waals surface area contributed by atoms with Gasteiger partial charge in [0, 0.05) is 47.8 Å². The van der Waals surface area contributed by atoms with Crippen molar-refractivity contribution in [2.24, 2.45) is 11.0 Å². The molecule has 0 radical (unpaired) electrons. The molecule has 0 aliphatic heterocycles. The lowest BCUT2D eigenvalue weighted by Crippen LogP contribution is -2.20. The van der Waals surface area contributed by atoms with Crippen molar-refractivity contribution in [2.45, 2.75) is 25.7 Å². The molecule has 2 N–H and O–H groups in total. The predicted octanol–water partition coefficient (Wildman–Crippen LogP) is 5.35. The van der Waals surface area contributed by atoms with Crippen molar-refractivity contribution in [2.75, 3.05) is 19.0 Å². The highest BCUT2D eigenvalue weighted by atomic mass is 16.2. The molecular formula is C26H27N5O. The highest BCUT2D eigenvalue weighted by Gasteiger charge is 2.17. The molecular weight excluding hydrogens is 398 g/mol. The van der Waals surface area contributed by atoms with Gasteiger partial charge in [-0.1, -0.05) is 43.2 Å². The number of anilines is 1. The van der Waals surface area contributed by atoms with Gasteiger partial charge in [0.15, 0.2) is 0 Å². The van der Waals surface area contributed by atoms with E-state index in [1.165, 1.54) is 12.8 Å². The highest BCUT2D eigenvalue weighted by molar-refractivity contribution is 6.13. The fraction of sp³-hybridized carbons (Fsp3) is 0.269. The molecule has 0 unspecified atom stereocenters. The molecule has 32 heavy (non-hydrogen) atoms. The number of carbonyl (C=O) groups excluding carboxylic acids is 1. The van der Waals surface area contributed by atoms with Gasteiger partial charge < -0.3 is 9.88 Å². The third kappa shape index (κ3) is 3.84. The Hall–Kier alpha value is -3.67. The van der Waals surface area contributed by atoms with Gasteiger partial charge in [-0.05, 0) is 43.0 Å². The van der Waals surface area contributed by atoms with Gasteiger partial charge in [-0.15, -0.1) is 0 Å². The first-order valence-electron chi connectivity index (χ1n) is 11.1. The van der Waals surface area contributed by atoms with Crippen molar-refractivity contribution in [3.8, 4) is 11.3 Å². The quantitative estimate of drug-likeness (QED) is 0.334. The molecule has 6 heteroatoms. The lowest BCUT2D eigenvalue weighted by molar-refractivity contribution is 0.0950. The second kappa shape index (κ2) is 8.46. The van der Waals surface area contributed by atoms with Crippen LogP contribution in [0, 0.1) is 5.92 Å².